The Bertz CT molecular complexity index is 293. The lowest BCUT2D eigenvalue weighted by molar-refractivity contribution is 0.0162. The molecule has 0 radical (unpaired) electrons. The smallest absolute Gasteiger partial charge is 0.0700 e. The molecular weight excluding hydrogens is 280 g/mol. The summed E-state index contributed by atoms with van der Waals surface area (Å²) < 4.78 is 22.3. The maximum atomic E-state index is 5.69. The summed E-state index contributed by atoms with van der Waals surface area (Å²) in [4.78, 5) is 0. The highest BCUT2D eigenvalue weighted by atomic mass is 16.5. The average Bonchev–Trinajstić information content (AvgIpc) is 3.30. The molecule has 0 saturated heterocycles. The van der Waals surface area contributed by atoms with Crippen molar-refractivity contribution in [3.05, 3.63) is 25.3 Å². The second-order valence-corrected chi connectivity index (χ2v) is 5.66. The summed E-state index contributed by atoms with van der Waals surface area (Å²) in [5, 5.41) is 0. The van der Waals surface area contributed by atoms with Gasteiger partial charge in [0, 0.05) is 31.7 Å². The van der Waals surface area contributed by atoms with Crippen molar-refractivity contribution in [3.8, 4) is 0 Å². The Balaban J connectivity index is 1.86. The van der Waals surface area contributed by atoms with E-state index in [2.05, 4.69) is 20.1 Å². The van der Waals surface area contributed by atoms with Gasteiger partial charge in [-0.2, -0.15) is 0 Å². The van der Waals surface area contributed by atoms with E-state index in [4.69, 9.17) is 18.9 Å². The normalized spacial score (nSPS) is 21.5. The molecule has 0 spiro atoms. The molecule has 3 unspecified atom stereocenters. The molecule has 1 aliphatic rings. The van der Waals surface area contributed by atoms with Crippen LogP contribution in [0.3, 0.4) is 0 Å². The van der Waals surface area contributed by atoms with E-state index in [1.54, 1.807) is 0 Å². The summed E-state index contributed by atoms with van der Waals surface area (Å²) in [6, 6.07) is 0. The molecule has 0 aliphatic heterocycles. The Morgan fingerprint density at radius 2 is 1.73 bits per heavy atom. The minimum Gasteiger partial charge on any atom is -0.381 e. The molecule has 1 aliphatic carbocycles. The van der Waals surface area contributed by atoms with E-state index in [0.717, 1.165) is 39.1 Å². The van der Waals surface area contributed by atoms with Crippen LogP contribution in [0.2, 0.25) is 0 Å². The van der Waals surface area contributed by atoms with E-state index in [9.17, 15) is 0 Å². The lowest BCUT2D eigenvalue weighted by atomic mass is 10.2. The third-order valence-electron chi connectivity index (χ3n) is 3.56. The molecule has 0 heterocycles. The predicted octanol–water partition coefficient (Wildman–Crippen LogP) is 3.23. The van der Waals surface area contributed by atoms with E-state index < -0.39 is 0 Å². The van der Waals surface area contributed by atoms with Gasteiger partial charge in [0.25, 0.3) is 0 Å². The van der Waals surface area contributed by atoms with Crippen LogP contribution < -0.4 is 0 Å². The zero-order valence-electron chi connectivity index (χ0n) is 14.0. The average molecular weight is 312 g/mol. The van der Waals surface area contributed by atoms with Gasteiger partial charge in [0.15, 0.2) is 0 Å². The molecule has 0 N–H and O–H groups in total. The van der Waals surface area contributed by atoms with Crippen LogP contribution >= 0.6 is 0 Å². The fraction of sp³-hybridized carbons (Fsp3) is 0.778. The summed E-state index contributed by atoms with van der Waals surface area (Å²) >= 11 is 0. The van der Waals surface area contributed by atoms with Crippen molar-refractivity contribution < 1.29 is 18.9 Å². The Kier molecular flexibility index (Phi) is 11.3. The van der Waals surface area contributed by atoms with Crippen molar-refractivity contribution in [2.24, 2.45) is 11.8 Å². The maximum Gasteiger partial charge on any atom is 0.0700 e. The molecule has 4 nitrogen and oxygen atoms in total. The van der Waals surface area contributed by atoms with Crippen molar-refractivity contribution in [1.29, 1.82) is 0 Å². The molecule has 0 bridgehead atoms. The molecule has 0 aromatic heterocycles. The maximum absolute atomic E-state index is 5.69. The van der Waals surface area contributed by atoms with Crippen molar-refractivity contribution in [2.45, 2.75) is 32.3 Å². The van der Waals surface area contributed by atoms with Crippen LogP contribution in [0.1, 0.15) is 26.2 Å². The van der Waals surface area contributed by atoms with E-state index in [1.165, 1.54) is 0 Å². The second-order valence-electron chi connectivity index (χ2n) is 5.66. The first-order chi connectivity index (χ1) is 10.8. The highest BCUT2D eigenvalue weighted by Crippen LogP contribution is 2.34. The highest BCUT2D eigenvalue weighted by molar-refractivity contribution is 4.99. The van der Waals surface area contributed by atoms with Crippen LogP contribution in [-0.4, -0.2) is 52.4 Å². The Hall–Kier alpha value is -0.680. The third kappa shape index (κ3) is 9.36. The second kappa shape index (κ2) is 12.8. The van der Waals surface area contributed by atoms with Gasteiger partial charge < -0.3 is 18.9 Å². The Morgan fingerprint density at radius 3 is 2.36 bits per heavy atom. The van der Waals surface area contributed by atoms with Gasteiger partial charge in [-0.3, -0.25) is 0 Å². The summed E-state index contributed by atoms with van der Waals surface area (Å²) in [7, 11) is 0. The van der Waals surface area contributed by atoms with E-state index >= 15 is 0 Å². The lowest BCUT2D eigenvalue weighted by Crippen LogP contribution is -2.17. The minimum absolute atomic E-state index is 0.237. The summed E-state index contributed by atoms with van der Waals surface area (Å²) in [6.07, 6.45) is 7.37. The van der Waals surface area contributed by atoms with Gasteiger partial charge in [-0.1, -0.05) is 19.1 Å². The summed E-state index contributed by atoms with van der Waals surface area (Å²) in [5.74, 6) is 0.810. The Labute approximate surface area is 135 Å². The van der Waals surface area contributed by atoms with Crippen molar-refractivity contribution >= 4 is 0 Å². The highest BCUT2D eigenvalue weighted by Gasteiger charge is 2.34. The largest absolute Gasteiger partial charge is 0.381 e. The zero-order chi connectivity index (χ0) is 16.0. The molecule has 0 aromatic carbocycles. The Morgan fingerprint density at radius 1 is 1.00 bits per heavy atom. The molecule has 0 amide bonds. The first kappa shape index (κ1) is 19.4. The van der Waals surface area contributed by atoms with Crippen LogP contribution in [0.15, 0.2) is 25.3 Å². The van der Waals surface area contributed by atoms with Gasteiger partial charge in [0.2, 0.25) is 0 Å². The topological polar surface area (TPSA) is 36.9 Å². The van der Waals surface area contributed by atoms with Crippen LogP contribution in [0.4, 0.5) is 0 Å². The summed E-state index contributed by atoms with van der Waals surface area (Å²) in [5.41, 5.74) is 0. The van der Waals surface area contributed by atoms with Gasteiger partial charge in [0.1, 0.15) is 0 Å². The monoisotopic (exact) mass is 312 g/mol. The van der Waals surface area contributed by atoms with Gasteiger partial charge in [-0.15, -0.1) is 13.2 Å². The van der Waals surface area contributed by atoms with Gasteiger partial charge in [-0.25, -0.2) is 0 Å². The van der Waals surface area contributed by atoms with Crippen LogP contribution in [-0.2, 0) is 18.9 Å². The van der Waals surface area contributed by atoms with Crippen molar-refractivity contribution in [2.75, 3.05) is 46.2 Å². The fourth-order valence-corrected chi connectivity index (χ4v) is 2.04. The summed E-state index contributed by atoms with van der Waals surface area (Å²) in [6.45, 7) is 14.5. The first-order valence-electron chi connectivity index (χ1n) is 8.41. The molecule has 1 rings (SSSR count). The zero-order valence-corrected chi connectivity index (χ0v) is 14.0. The van der Waals surface area contributed by atoms with Crippen LogP contribution in [0, 0.1) is 11.8 Å². The molecule has 22 heavy (non-hydrogen) atoms. The molecule has 1 fully saturated rings. The van der Waals surface area contributed by atoms with Gasteiger partial charge in [-0.05, 0) is 19.3 Å². The van der Waals surface area contributed by atoms with Crippen molar-refractivity contribution in [3.63, 3.8) is 0 Å². The minimum atomic E-state index is 0.237. The van der Waals surface area contributed by atoms with Crippen LogP contribution in [0.5, 0.6) is 0 Å². The lowest BCUT2D eigenvalue weighted by Gasteiger charge is -2.13. The van der Waals surface area contributed by atoms with Crippen LogP contribution in [0.25, 0.3) is 0 Å². The third-order valence-corrected chi connectivity index (χ3v) is 3.56. The van der Waals surface area contributed by atoms with Gasteiger partial charge in [0.05, 0.1) is 32.5 Å². The number of ether oxygens (including phenoxy) is 4. The molecule has 1 saturated carbocycles. The first-order valence-corrected chi connectivity index (χ1v) is 8.41. The standard InChI is InChI=1S/C18H32O4/c1-4-8-19-11-12-21-15-16(5-2)14-20-9-7-10-22-18-13-17(18)6-3/h5-6,16-18H,2-4,7-15H2,1H3. The van der Waals surface area contributed by atoms with Gasteiger partial charge >= 0.3 is 0 Å². The van der Waals surface area contributed by atoms with E-state index in [-0.39, 0.29) is 5.92 Å². The fourth-order valence-electron chi connectivity index (χ4n) is 2.04. The number of hydrogen-bond acceptors (Lipinski definition) is 4. The predicted molar refractivity (Wildman–Crippen MR) is 89.1 cm³/mol. The number of rotatable bonds is 16. The molecule has 4 heteroatoms. The molecule has 128 valence electrons. The van der Waals surface area contributed by atoms with E-state index in [1.807, 2.05) is 12.2 Å². The molecule has 3 atom stereocenters. The molecule has 0 aromatic rings. The quantitative estimate of drug-likeness (QED) is 0.324. The SMILES string of the molecule is C=CC(COCCCOC1CC1C=C)COCCOCCC. The molecular formula is C18H32O4. The number of hydrogen-bond donors (Lipinski definition) is 0. The van der Waals surface area contributed by atoms with Crippen molar-refractivity contribution in [1.82, 2.24) is 0 Å². The van der Waals surface area contributed by atoms with E-state index in [0.29, 0.717) is 38.4 Å².